The number of hydrogen-bond donors (Lipinski definition) is 4. The zero-order chi connectivity index (χ0) is 36.9. The summed E-state index contributed by atoms with van der Waals surface area (Å²) in [7, 11) is 1.29. The highest BCUT2D eigenvalue weighted by molar-refractivity contribution is 6.37. The molecule has 2 amide bonds. The minimum absolute atomic E-state index is 0.0148. The van der Waals surface area contributed by atoms with Gasteiger partial charge in [-0.1, -0.05) is 34.8 Å². The molecule has 4 aromatic carbocycles. The first-order valence-electron chi connectivity index (χ1n) is 15.8. The van der Waals surface area contributed by atoms with Crippen molar-refractivity contribution in [3.63, 3.8) is 0 Å². The Kier molecular flexibility index (Phi) is 12.4. The fourth-order valence-electron chi connectivity index (χ4n) is 5.76. The number of alkyl halides is 3. The number of nitrogens with one attached hydrogen (secondary N) is 4. The Hall–Kier alpha value is -4.07. The molecule has 4 N–H and O–H groups in total. The Bertz CT molecular complexity index is 1960. The Labute approximate surface area is 306 Å². The van der Waals surface area contributed by atoms with Crippen LogP contribution >= 0.6 is 34.8 Å². The normalized spacial score (nSPS) is 13.6. The molecule has 0 aromatic heterocycles. The van der Waals surface area contributed by atoms with Crippen LogP contribution in [0.15, 0.2) is 54.6 Å². The monoisotopic (exact) mass is 766 g/mol. The van der Waals surface area contributed by atoms with Gasteiger partial charge in [-0.2, -0.15) is 13.2 Å². The summed E-state index contributed by atoms with van der Waals surface area (Å²) >= 11 is 19.0. The van der Waals surface area contributed by atoms with Gasteiger partial charge in [0.05, 0.1) is 35.0 Å². The molecule has 0 saturated carbocycles. The Morgan fingerprint density at radius 2 is 1.45 bits per heavy atom. The van der Waals surface area contributed by atoms with E-state index in [4.69, 9.17) is 44.3 Å². The second-order valence-electron chi connectivity index (χ2n) is 11.5. The molecule has 0 aliphatic carbocycles. The van der Waals surface area contributed by atoms with E-state index in [9.17, 15) is 27.2 Å². The number of rotatable bonds is 7. The van der Waals surface area contributed by atoms with Crippen LogP contribution in [0.25, 0.3) is 0 Å². The average Bonchev–Trinajstić information content (AvgIpc) is 3.11. The largest absolute Gasteiger partial charge is 0.494 e. The molecule has 0 bridgehead atoms. The van der Waals surface area contributed by atoms with E-state index in [0.29, 0.717) is 63.9 Å². The Morgan fingerprint density at radius 1 is 0.804 bits per heavy atom. The van der Waals surface area contributed by atoms with Crippen molar-refractivity contribution in [3.05, 3.63) is 114 Å². The predicted octanol–water partition coefficient (Wildman–Crippen LogP) is 8.69. The van der Waals surface area contributed by atoms with Crippen molar-refractivity contribution < 1.29 is 36.6 Å². The van der Waals surface area contributed by atoms with Crippen molar-refractivity contribution in [2.24, 2.45) is 0 Å². The molecule has 0 fully saturated rings. The number of hydrogen-bond acceptors (Lipinski definition) is 6. The number of amides is 2. The van der Waals surface area contributed by atoms with Gasteiger partial charge in [-0.3, -0.25) is 9.59 Å². The Balaban J connectivity index is 0.000000198. The van der Waals surface area contributed by atoms with Gasteiger partial charge in [-0.25, -0.2) is 4.39 Å². The predicted molar refractivity (Wildman–Crippen MR) is 190 cm³/mol. The summed E-state index contributed by atoms with van der Waals surface area (Å²) in [4.78, 5) is 24.8. The van der Waals surface area contributed by atoms with Crippen LogP contribution in [0.1, 0.15) is 55.5 Å². The van der Waals surface area contributed by atoms with Crippen molar-refractivity contribution >= 4 is 58.0 Å². The van der Waals surface area contributed by atoms with Crippen LogP contribution in [0.2, 0.25) is 15.1 Å². The smallest absolute Gasteiger partial charge is 0.416 e. The highest BCUT2D eigenvalue weighted by Crippen LogP contribution is 2.38. The van der Waals surface area contributed by atoms with Gasteiger partial charge in [0.1, 0.15) is 5.75 Å². The molecule has 0 spiro atoms. The van der Waals surface area contributed by atoms with E-state index < -0.39 is 23.5 Å². The van der Waals surface area contributed by atoms with Crippen molar-refractivity contribution in [1.29, 1.82) is 0 Å². The summed E-state index contributed by atoms with van der Waals surface area (Å²) in [6.07, 6.45) is -3.44. The molecule has 15 heteroatoms. The van der Waals surface area contributed by atoms with E-state index in [2.05, 4.69) is 21.3 Å². The summed E-state index contributed by atoms with van der Waals surface area (Å²) in [6, 6.07) is 12.6. The van der Waals surface area contributed by atoms with E-state index in [1.54, 1.807) is 24.3 Å². The molecule has 2 aliphatic rings. The van der Waals surface area contributed by atoms with E-state index in [1.165, 1.54) is 25.3 Å². The van der Waals surface area contributed by atoms with Gasteiger partial charge in [0.2, 0.25) is 0 Å². The van der Waals surface area contributed by atoms with Gasteiger partial charge in [0.25, 0.3) is 11.8 Å². The molecule has 2 heterocycles. The number of anilines is 2. The summed E-state index contributed by atoms with van der Waals surface area (Å²) in [5, 5.41) is 13.0. The lowest BCUT2D eigenvalue weighted by molar-refractivity contribution is -0.138. The first kappa shape index (κ1) is 38.2. The van der Waals surface area contributed by atoms with Crippen molar-refractivity contribution in [2.75, 3.05) is 37.4 Å². The molecule has 4 aromatic rings. The Morgan fingerprint density at radius 3 is 2.10 bits per heavy atom. The maximum atomic E-state index is 13.7. The van der Waals surface area contributed by atoms with Gasteiger partial charge in [-0.05, 0) is 110 Å². The van der Waals surface area contributed by atoms with Crippen molar-refractivity contribution in [1.82, 2.24) is 10.6 Å². The number of fused-ring (bicyclic) bond motifs is 2. The molecule has 6 rings (SSSR count). The third-order valence-corrected chi connectivity index (χ3v) is 9.27. The highest BCUT2D eigenvalue weighted by atomic mass is 35.5. The quantitative estimate of drug-likeness (QED) is 0.141. The summed E-state index contributed by atoms with van der Waals surface area (Å²) in [6.45, 7) is 4.62. The molecule has 2 aliphatic heterocycles. The second-order valence-corrected chi connectivity index (χ2v) is 12.7. The number of benzene rings is 4. The number of methoxy groups -OCH3 is 1. The van der Waals surface area contributed by atoms with Crippen LogP contribution in [0.5, 0.6) is 11.5 Å². The van der Waals surface area contributed by atoms with Crippen LogP contribution in [0.3, 0.4) is 0 Å². The summed E-state index contributed by atoms with van der Waals surface area (Å²) in [5.41, 5.74) is 2.84. The fourth-order valence-corrected chi connectivity index (χ4v) is 6.59. The lowest BCUT2D eigenvalue weighted by atomic mass is 9.94. The van der Waals surface area contributed by atoms with Gasteiger partial charge in [0.15, 0.2) is 11.6 Å². The molecule has 0 radical (unpaired) electrons. The first-order valence-corrected chi connectivity index (χ1v) is 17.0. The minimum atomic E-state index is -4.52. The molecular formula is C36H33Cl3F4N4O4. The minimum Gasteiger partial charge on any atom is -0.494 e. The molecule has 0 saturated heterocycles. The zero-order valence-electron chi connectivity index (χ0n) is 27.4. The average molecular weight is 768 g/mol. The second kappa shape index (κ2) is 16.5. The van der Waals surface area contributed by atoms with Crippen LogP contribution in [0.4, 0.5) is 28.9 Å². The summed E-state index contributed by atoms with van der Waals surface area (Å²) in [5.74, 6) is -1.23. The standard InChI is InChI=1S/C18H17Cl3N2O2.C18H16F4N2O2/c1-2-25-16-4-3-10(7-14(16)20)18(24)23-15-8-13(19)11-5-6-22-9-12(11)17(15)21;1-26-16-3-2-10(7-15(16)19)17(25)24-12-6-11-9-23-5-4-13(11)14(8-12)18(20,21)22/h3-4,7-8,22H,2,5-6,9H2,1H3,(H,23,24);2-3,6-8,23H,4-5,9H2,1H3,(H,24,25). The van der Waals surface area contributed by atoms with Crippen molar-refractivity contribution in [3.8, 4) is 11.5 Å². The van der Waals surface area contributed by atoms with E-state index in [1.807, 2.05) is 6.92 Å². The topological polar surface area (TPSA) is 101 Å². The lowest BCUT2D eigenvalue weighted by Gasteiger charge is -2.23. The molecule has 8 nitrogen and oxygen atoms in total. The van der Waals surface area contributed by atoms with E-state index >= 15 is 0 Å². The maximum absolute atomic E-state index is 13.7. The molecule has 270 valence electrons. The number of halogens is 7. The summed E-state index contributed by atoms with van der Waals surface area (Å²) < 4.78 is 64.0. The third-order valence-electron chi connectivity index (χ3n) is 8.21. The number of carbonyl (C=O) groups is 2. The van der Waals surface area contributed by atoms with Crippen LogP contribution in [-0.2, 0) is 32.1 Å². The van der Waals surface area contributed by atoms with Crippen LogP contribution < -0.4 is 30.7 Å². The lowest BCUT2D eigenvalue weighted by Crippen LogP contribution is -2.27. The van der Waals surface area contributed by atoms with Gasteiger partial charge < -0.3 is 30.7 Å². The number of carbonyl (C=O) groups excluding carboxylic acids is 2. The molecule has 51 heavy (non-hydrogen) atoms. The van der Waals surface area contributed by atoms with E-state index in [-0.39, 0.29) is 34.9 Å². The molecular weight excluding hydrogens is 735 g/mol. The highest BCUT2D eigenvalue weighted by Gasteiger charge is 2.35. The zero-order valence-corrected chi connectivity index (χ0v) is 29.7. The fraction of sp³-hybridized carbons (Fsp3) is 0.278. The van der Waals surface area contributed by atoms with Gasteiger partial charge in [-0.15, -0.1) is 0 Å². The molecule has 0 atom stereocenters. The van der Waals surface area contributed by atoms with Crippen LogP contribution in [0, 0.1) is 5.82 Å². The van der Waals surface area contributed by atoms with Gasteiger partial charge >= 0.3 is 6.18 Å². The number of ether oxygens (including phenoxy) is 2. The van der Waals surface area contributed by atoms with Crippen LogP contribution in [-0.4, -0.2) is 38.6 Å². The first-order chi connectivity index (χ1) is 24.3. The van der Waals surface area contributed by atoms with E-state index in [0.717, 1.165) is 36.2 Å². The van der Waals surface area contributed by atoms with Crippen molar-refractivity contribution in [2.45, 2.75) is 39.0 Å². The van der Waals surface area contributed by atoms with Gasteiger partial charge in [0, 0.05) is 34.9 Å². The third kappa shape index (κ3) is 9.06. The maximum Gasteiger partial charge on any atom is 0.416 e. The SMILES string of the molecule is CCOc1ccc(C(=O)Nc2cc(Cl)c3c(c2Cl)CNCC3)cc1Cl.COc1ccc(C(=O)Nc2cc3c(c(C(F)(F)F)c2)CCNC3)cc1F. The molecule has 0 unspecified atom stereocenters.